The number of aliphatic hydroxyl groups excluding tert-OH is 1. The SMILES string of the molecule is CCC(C)n1ccc(CC(O)c2ccc3c(c2)COC3)n1. The van der Waals surface area contributed by atoms with Gasteiger partial charge in [-0.25, -0.2) is 0 Å². The number of nitrogens with zero attached hydrogens (tertiary/aromatic N) is 2. The average Bonchev–Trinajstić information content (AvgIpc) is 3.14. The minimum atomic E-state index is -0.517. The molecule has 3 rings (SSSR count). The molecule has 0 amide bonds. The summed E-state index contributed by atoms with van der Waals surface area (Å²) in [6.45, 7) is 5.63. The van der Waals surface area contributed by atoms with E-state index in [1.54, 1.807) is 0 Å². The molecule has 0 spiro atoms. The fraction of sp³-hybridized carbons (Fsp3) is 0.471. The van der Waals surface area contributed by atoms with Gasteiger partial charge in [0.15, 0.2) is 0 Å². The summed E-state index contributed by atoms with van der Waals surface area (Å²) in [5.74, 6) is 0. The molecule has 0 fully saturated rings. The monoisotopic (exact) mass is 286 g/mol. The highest BCUT2D eigenvalue weighted by atomic mass is 16.5. The van der Waals surface area contributed by atoms with Crippen molar-refractivity contribution >= 4 is 0 Å². The Kier molecular flexibility index (Phi) is 4.08. The summed E-state index contributed by atoms with van der Waals surface area (Å²) in [5.41, 5.74) is 4.29. The highest BCUT2D eigenvalue weighted by Gasteiger charge is 2.16. The van der Waals surface area contributed by atoms with Gasteiger partial charge in [0.1, 0.15) is 0 Å². The van der Waals surface area contributed by atoms with Crippen molar-refractivity contribution in [3.8, 4) is 0 Å². The summed E-state index contributed by atoms with van der Waals surface area (Å²) in [4.78, 5) is 0. The van der Waals surface area contributed by atoms with Gasteiger partial charge in [0.2, 0.25) is 0 Å². The summed E-state index contributed by atoms with van der Waals surface area (Å²) in [7, 11) is 0. The number of rotatable bonds is 5. The number of aromatic nitrogens is 2. The minimum absolute atomic E-state index is 0.396. The molecule has 0 bridgehead atoms. The molecule has 2 heterocycles. The van der Waals surface area contributed by atoms with E-state index >= 15 is 0 Å². The molecule has 2 atom stereocenters. The molecule has 1 aliphatic heterocycles. The third kappa shape index (κ3) is 3.01. The zero-order chi connectivity index (χ0) is 14.8. The van der Waals surface area contributed by atoms with Gasteiger partial charge in [0, 0.05) is 18.7 Å². The highest BCUT2D eigenvalue weighted by molar-refractivity contribution is 5.34. The Balaban J connectivity index is 1.71. The second-order valence-corrected chi connectivity index (χ2v) is 5.79. The molecule has 112 valence electrons. The molecule has 2 aromatic rings. The molecular formula is C17H22N2O2. The van der Waals surface area contributed by atoms with E-state index in [4.69, 9.17) is 4.74 Å². The molecule has 1 aromatic heterocycles. The van der Waals surface area contributed by atoms with Crippen molar-refractivity contribution in [3.63, 3.8) is 0 Å². The van der Waals surface area contributed by atoms with Gasteiger partial charge in [-0.05, 0) is 36.1 Å². The van der Waals surface area contributed by atoms with Gasteiger partial charge < -0.3 is 9.84 Å². The Morgan fingerprint density at radius 1 is 1.29 bits per heavy atom. The summed E-state index contributed by atoms with van der Waals surface area (Å²) >= 11 is 0. The van der Waals surface area contributed by atoms with E-state index in [0.29, 0.717) is 25.7 Å². The van der Waals surface area contributed by atoms with E-state index in [1.165, 1.54) is 11.1 Å². The Labute approximate surface area is 125 Å². The fourth-order valence-electron chi connectivity index (χ4n) is 2.63. The van der Waals surface area contributed by atoms with E-state index < -0.39 is 6.10 Å². The molecule has 1 aliphatic rings. The molecule has 0 aliphatic carbocycles. The Bertz CT molecular complexity index is 621. The zero-order valence-electron chi connectivity index (χ0n) is 12.6. The topological polar surface area (TPSA) is 47.3 Å². The van der Waals surface area contributed by atoms with Crippen LogP contribution in [-0.4, -0.2) is 14.9 Å². The third-order valence-corrected chi connectivity index (χ3v) is 4.24. The predicted octanol–water partition coefficient (Wildman–Crippen LogP) is 3.16. The summed E-state index contributed by atoms with van der Waals surface area (Å²) in [6, 6.07) is 8.49. The molecular weight excluding hydrogens is 264 g/mol. The summed E-state index contributed by atoms with van der Waals surface area (Å²) < 4.78 is 7.38. The van der Waals surface area contributed by atoms with Crippen molar-refractivity contribution in [3.05, 3.63) is 52.8 Å². The molecule has 4 heteroatoms. The van der Waals surface area contributed by atoms with E-state index in [9.17, 15) is 5.11 Å². The van der Waals surface area contributed by atoms with Crippen LogP contribution >= 0.6 is 0 Å². The van der Waals surface area contributed by atoms with Crippen molar-refractivity contribution in [2.24, 2.45) is 0 Å². The zero-order valence-corrected chi connectivity index (χ0v) is 12.6. The fourth-order valence-corrected chi connectivity index (χ4v) is 2.63. The lowest BCUT2D eigenvalue weighted by molar-refractivity contribution is 0.134. The number of benzene rings is 1. The number of hydrogen-bond donors (Lipinski definition) is 1. The van der Waals surface area contributed by atoms with E-state index in [-0.39, 0.29) is 0 Å². The van der Waals surface area contributed by atoms with Gasteiger partial charge in [0.25, 0.3) is 0 Å². The molecule has 0 radical (unpaired) electrons. The molecule has 1 N–H and O–H groups in total. The van der Waals surface area contributed by atoms with Gasteiger partial charge in [-0.3, -0.25) is 4.68 Å². The van der Waals surface area contributed by atoms with Crippen molar-refractivity contribution < 1.29 is 9.84 Å². The third-order valence-electron chi connectivity index (χ3n) is 4.24. The Morgan fingerprint density at radius 2 is 2.10 bits per heavy atom. The van der Waals surface area contributed by atoms with Crippen LogP contribution in [0.25, 0.3) is 0 Å². The van der Waals surface area contributed by atoms with Crippen LogP contribution in [0, 0.1) is 0 Å². The van der Waals surface area contributed by atoms with Crippen LogP contribution in [0.3, 0.4) is 0 Å². The van der Waals surface area contributed by atoms with Gasteiger partial charge in [-0.1, -0.05) is 25.1 Å². The largest absolute Gasteiger partial charge is 0.388 e. The minimum Gasteiger partial charge on any atom is -0.388 e. The van der Waals surface area contributed by atoms with Crippen LogP contribution in [0.15, 0.2) is 30.5 Å². The lowest BCUT2D eigenvalue weighted by atomic mass is 10.0. The van der Waals surface area contributed by atoms with E-state index in [0.717, 1.165) is 17.7 Å². The predicted molar refractivity (Wildman–Crippen MR) is 80.8 cm³/mol. The summed E-state index contributed by atoms with van der Waals surface area (Å²) in [6.07, 6.45) is 3.07. The van der Waals surface area contributed by atoms with Crippen LogP contribution in [0.2, 0.25) is 0 Å². The van der Waals surface area contributed by atoms with Crippen molar-refractivity contribution in [2.75, 3.05) is 0 Å². The maximum absolute atomic E-state index is 10.4. The second kappa shape index (κ2) is 6.00. The lowest BCUT2D eigenvalue weighted by Crippen LogP contribution is -2.07. The molecule has 0 saturated carbocycles. The average molecular weight is 286 g/mol. The van der Waals surface area contributed by atoms with Crippen LogP contribution in [-0.2, 0) is 24.4 Å². The number of ether oxygens (including phenoxy) is 1. The van der Waals surface area contributed by atoms with Gasteiger partial charge in [0.05, 0.1) is 25.0 Å². The van der Waals surface area contributed by atoms with Crippen LogP contribution in [0.1, 0.15) is 54.8 Å². The maximum Gasteiger partial charge on any atom is 0.0846 e. The quantitative estimate of drug-likeness (QED) is 0.918. The molecule has 2 unspecified atom stereocenters. The van der Waals surface area contributed by atoms with Crippen LogP contribution < -0.4 is 0 Å². The normalized spacial score (nSPS) is 16.7. The Morgan fingerprint density at radius 3 is 2.90 bits per heavy atom. The molecule has 4 nitrogen and oxygen atoms in total. The van der Waals surface area contributed by atoms with E-state index in [2.05, 4.69) is 31.1 Å². The smallest absolute Gasteiger partial charge is 0.0846 e. The van der Waals surface area contributed by atoms with Crippen molar-refractivity contribution in [2.45, 2.75) is 52.0 Å². The first-order chi connectivity index (χ1) is 10.2. The molecule has 1 aromatic carbocycles. The van der Waals surface area contributed by atoms with Gasteiger partial charge in [-0.2, -0.15) is 5.10 Å². The van der Waals surface area contributed by atoms with Gasteiger partial charge in [-0.15, -0.1) is 0 Å². The first kappa shape index (κ1) is 14.3. The summed E-state index contributed by atoms with van der Waals surface area (Å²) in [5, 5.41) is 15.0. The van der Waals surface area contributed by atoms with E-state index in [1.807, 2.05) is 23.0 Å². The number of hydrogen-bond acceptors (Lipinski definition) is 3. The maximum atomic E-state index is 10.4. The second-order valence-electron chi connectivity index (χ2n) is 5.79. The Hall–Kier alpha value is -1.65. The first-order valence-corrected chi connectivity index (χ1v) is 7.59. The number of fused-ring (bicyclic) bond motifs is 1. The lowest BCUT2D eigenvalue weighted by Gasteiger charge is -2.11. The van der Waals surface area contributed by atoms with Crippen LogP contribution in [0.4, 0.5) is 0 Å². The number of aliphatic hydroxyl groups is 1. The van der Waals surface area contributed by atoms with Crippen LogP contribution in [0.5, 0.6) is 0 Å². The van der Waals surface area contributed by atoms with Crippen molar-refractivity contribution in [1.82, 2.24) is 9.78 Å². The standard InChI is InChI=1S/C17H22N2O2/c1-3-12(2)19-7-6-16(18-19)9-17(20)13-4-5-14-10-21-11-15(14)8-13/h4-8,12,17,20H,3,9-11H2,1-2H3. The first-order valence-electron chi connectivity index (χ1n) is 7.59. The molecule has 21 heavy (non-hydrogen) atoms. The van der Waals surface area contributed by atoms with Crippen molar-refractivity contribution in [1.29, 1.82) is 0 Å². The molecule has 0 saturated heterocycles. The highest BCUT2D eigenvalue weighted by Crippen LogP contribution is 2.25. The van der Waals surface area contributed by atoms with Gasteiger partial charge >= 0.3 is 0 Å².